The van der Waals surface area contributed by atoms with E-state index in [1.165, 1.54) is 7.11 Å². The minimum atomic E-state index is -0.986. The first-order chi connectivity index (χ1) is 5.75. The van der Waals surface area contributed by atoms with Gasteiger partial charge in [0, 0.05) is 0 Å². The van der Waals surface area contributed by atoms with Crippen LogP contribution in [0, 0.1) is 5.92 Å². The van der Waals surface area contributed by atoms with E-state index in [4.69, 9.17) is 0 Å². The Morgan fingerprint density at radius 3 is 2.67 bits per heavy atom. The molecule has 2 atom stereocenters. The predicted molar refractivity (Wildman–Crippen MR) is 43.5 cm³/mol. The van der Waals surface area contributed by atoms with E-state index in [9.17, 15) is 9.18 Å². The summed E-state index contributed by atoms with van der Waals surface area (Å²) in [5, 5.41) is 0. The molecule has 1 saturated carbocycles. The van der Waals surface area contributed by atoms with Gasteiger partial charge in [0.05, 0.1) is 13.0 Å². The highest BCUT2D eigenvalue weighted by atomic mass is 19.1. The van der Waals surface area contributed by atoms with Crippen molar-refractivity contribution >= 4 is 5.97 Å². The maximum atomic E-state index is 13.2. The molecule has 0 aliphatic heterocycles. The van der Waals surface area contributed by atoms with Gasteiger partial charge in [-0.05, 0) is 12.8 Å². The van der Waals surface area contributed by atoms with Gasteiger partial charge >= 0.3 is 5.97 Å². The van der Waals surface area contributed by atoms with E-state index in [1.54, 1.807) is 0 Å². The highest BCUT2D eigenvalue weighted by Crippen LogP contribution is 2.26. The van der Waals surface area contributed by atoms with E-state index in [2.05, 4.69) is 4.74 Å². The Morgan fingerprint density at radius 1 is 1.33 bits per heavy atom. The average molecular weight is 174 g/mol. The van der Waals surface area contributed by atoms with E-state index in [0.717, 1.165) is 19.3 Å². The molecule has 0 N–H and O–H groups in total. The van der Waals surface area contributed by atoms with Gasteiger partial charge in [0.15, 0.2) is 0 Å². The van der Waals surface area contributed by atoms with Crippen molar-refractivity contribution in [3.05, 3.63) is 0 Å². The van der Waals surface area contributed by atoms with Crippen molar-refractivity contribution in [1.29, 1.82) is 0 Å². The fraction of sp³-hybridized carbons (Fsp3) is 0.889. The Morgan fingerprint density at radius 2 is 2.00 bits per heavy atom. The molecule has 2 nitrogen and oxygen atoms in total. The molecule has 70 valence electrons. The first-order valence-corrected chi connectivity index (χ1v) is 4.47. The molecule has 0 spiro atoms. The molecule has 2 unspecified atom stereocenters. The Bertz CT molecular complexity index is 159. The molecule has 12 heavy (non-hydrogen) atoms. The van der Waals surface area contributed by atoms with Gasteiger partial charge in [-0.3, -0.25) is 4.79 Å². The zero-order valence-corrected chi connectivity index (χ0v) is 7.38. The SMILES string of the molecule is COC(=O)C1CCCCCC1F. The summed E-state index contributed by atoms with van der Waals surface area (Å²) in [6.07, 6.45) is 3.05. The highest BCUT2D eigenvalue weighted by molar-refractivity contribution is 5.72. The zero-order chi connectivity index (χ0) is 8.97. The monoisotopic (exact) mass is 174 g/mol. The topological polar surface area (TPSA) is 26.3 Å². The summed E-state index contributed by atoms with van der Waals surface area (Å²) < 4.78 is 17.8. The van der Waals surface area contributed by atoms with Crippen LogP contribution in [0.1, 0.15) is 32.1 Å². The van der Waals surface area contributed by atoms with Crippen LogP contribution in [0.15, 0.2) is 0 Å². The van der Waals surface area contributed by atoms with Crippen molar-refractivity contribution in [1.82, 2.24) is 0 Å². The zero-order valence-electron chi connectivity index (χ0n) is 7.38. The van der Waals surface area contributed by atoms with E-state index < -0.39 is 12.1 Å². The first kappa shape index (κ1) is 9.49. The van der Waals surface area contributed by atoms with Crippen LogP contribution in [-0.2, 0) is 9.53 Å². The molecule has 0 heterocycles. The number of rotatable bonds is 1. The lowest BCUT2D eigenvalue weighted by Gasteiger charge is -2.14. The lowest BCUT2D eigenvalue weighted by Crippen LogP contribution is -2.25. The van der Waals surface area contributed by atoms with Crippen molar-refractivity contribution in [2.24, 2.45) is 5.92 Å². The molecule has 0 amide bonds. The smallest absolute Gasteiger partial charge is 0.311 e. The highest BCUT2D eigenvalue weighted by Gasteiger charge is 2.30. The molecule has 0 aromatic heterocycles. The quantitative estimate of drug-likeness (QED) is 0.449. The molecule has 3 heteroatoms. The summed E-state index contributed by atoms with van der Waals surface area (Å²) in [4.78, 5) is 11.1. The molecule has 1 aliphatic rings. The molecule has 1 fully saturated rings. The van der Waals surface area contributed by atoms with Crippen molar-refractivity contribution in [2.75, 3.05) is 7.11 Å². The third-order valence-corrected chi connectivity index (χ3v) is 2.44. The Labute approximate surface area is 72.1 Å². The van der Waals surface area contributed by atoms with Crippen molar-refractivity contribution in [2.45, 2.75) is 38.3 Å². The van der Waals surface area contributed by atoms with Crippen LogP contribution in [-0.4, -0.2) is 19.3 Å². The van der Waals surface area contributed by atoms with E-state index >= 15 is 0 Å². The summed E-state index contributed by atoms with van der Waals surface area (Å²) >= 11 is 0. The molecule has 0 radical (unpaired) electrons. The molecule has 0 aromatic carbocycles. The third kappa shape index (κ3) is 2.19. The Kier molecular flexibility index (Phi) is 3.50. The molecule has 0 aromatic rings. The Balaban J connectivity index is 2.52. The van der Waals surface area contributed by atoms with Gasteiger partial charge in [-0.25, -0.2) is 4.39 Å². The second-order valence-corrected chi connectivity index (χ2v) is 3.28. The van der Waals surface area contributed by atoms with Crippen LogP contribution in [0.4, 0.5) is 4.39 Å². The molecule has 1 rings (SSSR count). The first-order valence-electron chi connectivity index (χ1n) is 4.47. The van der Waals surface area contributed by atoms with Crippen LogP contribution in [0.2, 0.25) is 0 Å². The predicted octanol–water partition coefficient (Wildman–Crippen LogP) is 2.08. The number of esters is 1. The van der Waals surface area contributed by atoms with Gasteiger partial charge in [-0.15, -0.1) is 0 Å². The van der Waals surface area contributed by atoms with Gasteiger partial charge in [-0.2, -0.15) is 0 Å². The summed E-state index contributed by atoms with van der Waals surface area (Å²) in [6, 6.07) is 0. The summed E-state index contributed by atoms with van der Waals surface area (Å²) in [5.41, 5.74) is 0. The van der Waals surface area contributed by atoms with E-state index in [1.807, 2.05) is 0 Å². The normalized spacial score (nSPS) is 30.8. The molecular formula is C9H15FO2. The largest absolute Gasteiger partial charge is 0.469 e. The van der Waals surface area contributed by atoms with Crippen LogP contribution < -0.4 is 0 Å². The van der Waals surface area contributed by atoms with Crippen molar-refractivity contribution < 1.29 is 13.9 Å². The number of carbonyl (C=O) groups is 1. The number of ether oxygens (including phenoxy) is 1. The number of alkyl halides is 1. The number of hydrogen-bond donors (Lipinski definition) is 0. The molecular weight excluding hydrogens is 159 g/mol. The van der Waals surface area contributed by atoms with Gasteiger partial charge in [0.2, 0.25) is 0 Å². The second kappa shape index (κ2) is 4.43. The molecule has 1 aliphatic carbocycles. The summed E-state index contributed by atoms with van der Waals surface area (Å²) in [7, 11) is 1.32. The minimum Gasteiger partial charge on any atom is -0.469 e. The maximum absolute atomic E-state index is 13.2. The molecule has 0 bridgehead atoms. The van der Waals surface area contributed by atoms with Crippen LogP contribution >= 0.6 is 0 Å². The number of methoxy groups -OCH3 is 1. The van der Waals surface area contributed by atoms with Gasteiger partial charge in [-0.1, -0.05) is 19.3 Å². The van der Waals surface area contributed by atoms with Crippen molar-refractivity contribution in [3.8, 4) is 0 Å². The van der Waals surface area contributed by atoms with Crippen LogP contribution in [0.3, 0.4) is 0 Å². The summed E-state index contributed by atoms with van der Waals surface area (Å²) in [6.45, 7) is 0. The Hall–Kier alpha value is -0.600. The van der Waals surface area contributed by atoms with Gasteiger partial charge in [0.25, 0.3) is 0 Å². The summed E-state index contributed by atoms with van der Waals surface area (Å²) in [5.74, 6) is -0.887. The fourth-order valence-electron chi connectivity index (χ4n) is 1.68. The average Bonchev–Trinajstić information content (AvgIpc) is 2.28. The van der Waals surface area contributed by atoms with E-state index in [0.29, 0.717) is 12.8 Å². The minimum absolute atomic E-state index is 0.385. The molecule has 0 saturated heterocycles. The lowest BCUT2D eigenvalue weighted by atomic mass is 9.99. The fourth-order valence-corrected chi connectivity index (χ4v) is 1.68. The standard InChI is InChI=1S/C9H15FO2/c1-12-9(11)7-5-3-2-4-6-8(7)10/h7-8H,2-6H2,1H3. The number of halogens is 1. The number of hydrogen-bond acceptors (Lipinski definition) is 2. The third-order valence-electron chi connectivity index (χ3n) is 2.44. The van der Waals surface area contributed by atoms with Crippen molar-refractivity contribution in [3.63, 3.8) is 0 Å². The number of carbonyl (C=O) groups excluding carboxylic acids is 1. The second-order valence-electron chi connectivity index (χ2n) is 3.28. The maximum Gasteiger partial charge on any atom is 0.311 e. The van der Waals surface area contributed by atoms with E-state index in [-0.39, 0.29) is 5.97 Å². The van der Waals surface area contributed by atoms with Gasteiger partial charge < -0.3 is 4.74 Å². The van der Waals surface area contributed by atoms with Gasteiger partial charge in [0.1, 0.15) is 6.17 Å². The van der Waals surface area contributed by atoms with Crippen LogP contribution in [0.5, 0.6) is 0 Å². The van der Waals surface area contributed by atoms with Crippen LogP contribution in [0.25, 0.3) is 0 Å². The lowest BCUT2D eigenvalue weighted by molar-refractivity contribution is -0.148.